The molecule has 2 rings (SSSR count). The van der Waals surface area contributed by atoms with Gasteiger partial charge in [-0.3, -0.25) is 4.98 Å². The van der Waals surface area contributed by atoms with Crippen LogP contribution in [0.15, 0.2) is 24.5 Å². The van der Waals surface area contributed by atoms with E-state index in [1.807, 2.05) is 12.1 Å². The van der Waals surface area contributed by atoms with Crippen molar-refractivity contribution in [2.75, 3.05) is 0 Å². The number of nitrogens with zero attached hydrogens (tertiary/aromatic N) is 1. The van der Waals surface area contributed by atoms with E-state index < -0.39 is 0 Å². The monoisotopic (exact) mass is 177 g/mol. The molecule has 1 aliphatic carbocycles. The molecule has 70 valence electrons. The number of aromatic nitrogens is 1. The zero-order valence-corrected chi connectivity index (χ0v) is 7.56. The molecule has 1 heterocycles. The average molecular weight is 177 g/mol. The fourth-order valence-corrected chi connectivity index (χ4v) is 1.57. The first-order valence-electron chi connectivity index (χ1n) is 4.70. The first-order chi connectivity index (χ1) is 6.29. The molecular formula is C10H15N3. The van der Waals surface area contributed by atoms with Gasteiger partial charge in [0.2, 0.25) is 0 Å². The predicted octanol–water partition coefficient (Wildman–Crippen LogP) is 0.819. The first kappa shape index (κ1) is 8.66. The number of nitrogens with two attached hydrogens (primary N) is 2. The summed E-state index contributed by atoms with van der Waals surface area (Å²) in [5.41, 5.74) is 13.1. The van der Waals surface area contributed by atoms with E-state index >= 15 is 0 Å². The topological polar surface area (TPSA) is 64.9 Å². The Hall–Kier alpha value is -0.930. The Balaban J connectivity index is 2.07. The summed E-state index contributed by atoms with van der Waals surface area (Å²) in [6.07, 6.45) is 6.01. The van der Waals surface area contributed by atoms with Crippen LogP contribution < -0.4 is 11.5 Å². The van der Waals surface area contributed by atoms with E-state index in [0.717, 1.165) is 5.56 Å². The minimum Gasteiger partial charge on any atom is -0.326 e. The van der Waals surface area contributed by atoms with Crippen LogP contribution in [0.1, 0.15) is 24.4 Å². The molecule has 2 atom stereocenters. The molecule has 0 unspecified atom stereocenters. The lowest BCUT2D eigenvalue weighted by atomic mass is 9.99. The highest BCUT2D eigenvalue weighted by atomic mass is 14.8. The van der Waals surface area contributed by atoms with Crippen LogP contribution in [0.5, 0.6) is 0 Å². The summed E-state index contributed by atoms with van der Waals surface area (Å²) < 4.78 is 0. The van der Waals surface area contributed by atoms with Gasteiger partial charge in [-0.25, -0.2) is 0 Å². The molecule has 3 nitrogen and oxygen atoms in total. The van der Waals surface area contributed by atoms with Crippen molar-refractivity contribution in [1.29, 1.82) is 0 Å². The number of rotatable bonds is 3. The van der Waals surface area contributed by atoms with Gasteiger partial charge in [0, 0.05) is 24.5 Å². The third-order valence-electron chi connectivity index (χ3n) is 2.65. The lowest BCUT2D eigenvalue weighted by Crippen LogP contribution is -2.35. The molecule has 13 heavy (non-hydrogen) atoms. The van der Waals surface area contributed by atoms with E-state index in [2.05, 4.69) is 4.98 Å². The molecule has 1 saturated carbocycles. The third-order valence-corrected chi connectivity index (χ3v) is 2.65. The molecule has 0 aromatic carbocycles. The van der Waals surface area contributed by atoms with Crippen molar-refractivity contribution in [3.8, 4) is 0 Å². The highest BCUT2D eigenvalue weighted by Crippen LogP contribution is 2.35. The Kier molecular flexibility index (Phi) is 2.29. The second-order valence-corrected chi connectivity index (χ2v) is 3.73. The van der Waals surface area contributed by atoms with E-state index in [-0.39, 0.29) is 12.1 Å². The normalized spacial score (nSPS) is 21.1. The second-order valence-electron chi connectivity index (χ2n) is 3.73. The number of hydrogen-bond acceptors (Lipinski definition) is 3. The summed E-state index contributed by atoms with van der Waals surface area (Å²) in [6.45, 7) is 0. The lowest BCUT2D eigenvalue weighted by Gasteiger charge is -2.19. The third kappa shape index (κ3) is 1.87. The van der Waals surface area contributed by atoms with Gasteiger partial charge in [0.25, 0.3) is 0 Å². The van der Waals surface area contributed by atoms with Gasteiger partial charge in [-0.15, -0.1) is 0 Å². The van der Waals surface area contributed by atoms with E-state index in [1.54, 1.807) is 12.4 Å². The van der Waals surface area contributed by atoms with Crippen LogP contribution in [0, 0.1) is 5.92 Å². The Bertz CT molecular complexity index is 269. The molecule has 0 aliphatic heterocycles. The summed E-state index contributed by atoms with van der Waals surface area (Å²) in [7, 11) is 0. The largest absolute Gasteiger partial charge is 0.326 e. The molecule has 1 aromatic rings. The fraction of sp³-hybridized carbons (Fsp3) is 0.500. The molecular weight excluding hydrogens is 162 g/mol. The van der Waals surface area contributed by atoms with Gasteiger partial charge in [0.1, 0.15) is 0 Å². The lowest BCUT2D eigenvalue weighted by molar-refractivity contribution is 0.493. The van der Waals surface area contributed by atoms with Crippen molar-refractivity contribution in [3.63, 3.8) is 0 Å². The van der Waals surface area contributed by atoms with Gasteiger partial charge in [0.05, 0.1) is 0 Å². The highest BCUT2D eigenvalue weighted by Gasteiger charge is 2.32. The maximum Gasteiger partial charge on any atom is 0.0466 e. The van der Waals surface area contributed by atoms with Crippen LogP contribution in [-0.4, -0.2) is 11.0 Å². The second kappa shape index (κ2) is 3.44. The minimum absolute atomic E-state index is 0.0544. The SMILES string of the molecule is N[C@@H](c1cccnc1)[C@@H](N)C1CC1. The zero-order chi connectivity index (χ0) is 9.26. The maximum atomic E-state index is 6.01. The van der Waals surface area contributed by atoms with E-state index in [0.29, 0.717) is 5.92 Å². The molecule has 0 saturated heterocycles. The van der Waals surface area contributed by atoms with Crippen LogP contribution in [0.25, 0.3) is 0 Å². The zero-order valence-electron chi connectivity index (χ0n) is 7.56. The number of pyridine rings is 1. The predicted molar refractivity (Wildman–Crippen MR) is 51.9 cm³/mol. The minimum atomic E-state index is -0.0544. The van der Waals surface area contributed by atoms with Gasteiger partial charge in [-0.2, -0.15) is 0 Å². The Morgan fingerprint density at radius 3 is 2.69 bits per heavy atom. The smallest absolute Gasteiger partial charge is 0.0466 e. The molecule has 0 spiro atoms. The van der Waals surface area contributed by atoms with Crippen molar-refractivity contribution < 1.29 is 0 Å². The molecule has 1 aliphatic rings. The summed E-state index contributed by atoms with van der Waals surface area (Å²) in [4.78, 5) is 4.03. The van der Waals surface area contributed by atoms with Crippen molar-refractivity contribution in [2.45, 2.75) is 24.9 Å². The molecule has 1 fully saturated rings. The van der Waals surface area contributed by atoms with Gasteiger partial charge < -0.3 is 11.5 Å². The maximum absolute atomic E-state index is 6.01. The molecule has 0 amide bonds. The van der Waals surface area contributed by atoms with Gasteiger partial charge in [-0.1, -0.05) is 6.07 Å². The summed E-state index contributed by atoms with van der Waals surface area (Å²) in [5, 5.41) is 0. The highest BCUT2D eigenvalue weighted by molar-refractivity contribution is 5.16. The van der Waals surface area contributed by atoms with Crippen molar-refractivity contribution in [1.82, 2.24) is 4.98 Å². The van der Waals surface area contributed by atoms with Crippen LogP contribution in [0.3, 0.4) is 0 Å². The molecule has 0 radical (unpaired) electrons. The van der Waals surface area contributed by atoms with Crippen LogP contribution in [-0.2, 0) is 0 Å². The average Bonchev–Trinajstić information content (AvgIpc) is 3.00. The Labute approximate surface area is 78.1 Å². The van der Waals surface area contributed by atoms with Crippen molar-refractivity contribution in [2.24, 2.45) is 17.4 Å². The standard InChI is InChI=1S/C10H15N3/c11-9(7-3-4-7)10(12)8-2-1-5-13-6-8/h1-2,5-7,9-10H,3-4,11-12H2/t9-,10-/m0/s1. The van der Waals surface area contributed by atoms with Gasteiger partial charge >= 0.3 is 0 Å². The van der Waals surface area contributed by atoms with E-state index in [9.17, 15) is 0 Å². The quantitative estimate of drug-likeness (QED) is 0.718. The Morgan fingerprint density at radius 1 is 1.38 bits per heavy atom. The first-order valence-corrected chi connectivity index (χ1v) is 4.70. The summed E-state index contributed by atoms with van der Waals surface area (Å²) in [6, 6.07) is 3.93. The van der Waals surface area contributed by atoms with Crippen molar-refractivity contribution >= 4 is 0 Å². The summed E-state index contributed by atoms with van der Waals surface area (Å²) in [5.74, 6) is 0.634. The van der Waals surface area contributed by atoms with Gasteiger partial charge in [-0.05, 0) is 30.4 Å². The van der Waals surface area contributed by atoms with Crippen LogP contribution in [0.2, 0.25) is 0 Å². The van der Waals surface area contributed by atoms with E-state index in [1.165, 1.54) is 12.8 Å². The molecule has 3 heteroatoms. The Morgan fingerprint density at radius 2 is 2.15 bits per heavy atom. The van der Waals surface area contributed by atoms with E-state index in [4.69, 9.17) is 11.5 Å². The van der Waals surface area contributed by atoms with Gasteiger partial charge in [0.15, 0.2) is 0 Å². The fourth-order valence-electron chi connectivity index (χ4n) is 1.57. The molecule has 0 bridgehead atoms. The number of hydrogen-bond donors (Lipinski definition) is 2. The van der Waals surface area contributed by atoms with Crippen LogP contribution in [0.4, 0.5) is 0 Å². The van der Waals surface area contributed by atoms with Crippen molar-refractivity contribution in [3.05, 3.63) is 30.1 Å². The molecule has 4 N–H and O–H groups in total. The molecule has 1 aromatic heterocycles. The van der Waals surface area contributed by atoms with Crippen LogP contribution >= 0.6 is 0 Å². The summed E-state index contributed by atoms with van der Waals surface area (Å²) >= 11 is 0.